The number of nitrogens with two attached hydrogens (primary N) is 2. The lowest BCUT2D eigenvalue weighted by Crippen LogP contribution is -2.14. The van der Waals surface area contributed by atoms with Gasteiger partial charge in [0.15, 0.2) is 0 Å². The molecular weight excluding hydrogens is 233 g/mol. The fraction of sp³-hybridized carbons (Fsp3) is 0. The maximum absolute atomic E-state index is 13.5. The Labute approximate surface area is 103 Å². The summed E-state index contributed by atoms with van der Waals surface area (Å²) in [5.41, 5.74) is 12.2. The number of primary amides is 1. The average molecular weight is 245 g/mol. The van der Waals surface area contributed by atoms with Gasteiger partial charge in [0, 0.05) is 5.69 Å². The molecule has 0 heterocycles. The number of para-hydroxylation sites is 1. The number of amides is 1. The summed E-state index contributed by atoms with van der Waals surface area (Å²) in [5.74, 6) is -1.04. The first-order chi connectivity index (χ1) is 8.58. The van der Waals surface area contributed by atoms with E-state index in [1.807, 2.05) is 0 Å². The number of hydrogen-bond donors (Lipinski definition) is 3. The zero-order chi connectivity index (χ0) is 13.1. The lowest BCUT2D eigenvalue weighted by Gasteiger charge is -2.11. The fourth-order valence-electron chi connectivity index (χ4n) is 1.58. The average Bonchev–Trinajstić information content (AvgIpc) is 2.34. The zero-order valence-corrected chi connectivity index (χ0v) is 9.48. The van der Waals surface area contributed by atoms with Crippen LogP contribution in [0.25, 0.3) is 0 Å². The molecule has 5 N–H and O–H groups in total. The minimum absolute atomic E-state index is 0.221. The van der Waals surface area contributed by atoms with Gasteiger partial charge in [-0.3, -0.25) is 4.79 Å². The molecule has 92 valence electrons. The highest BCUT2D eigenvalue weighted by molar-refractivity contribution is 6.00. The quantitative estimate of drug-likeness (QED) is 0.725. The molecular formula is C13H12FN3O. The van der Waals surface area contributed by atoms with E-state index in [1.165, 1.54) is 12.1 Å². The van der Waals surface area contributed by atoms with E-state index < -0.39 is 11.7 Å². The van der Waals surface area contributed by atoms with Gasteiger partial charge < -0.3 is 16.8 Å². The van der Waals surface area contributed by atoms with Crippen LogP contribution in [-0.2, 0) is 0 Å². The zero-order valence-electron chi connectivity index (χ0n) is 9.48. The summed E-state index contributed by atoms with van der Waals surface area (Å²) >= 11 is 0. The van der Waals surface area contributed by atoms with Crippen molar-refractivity contribution in [2.75, 3.05) is 11.1 Å². The third kappa shape index (κ3) is 2.40. The first kappa shape index (κ1) is 11.9. The molecule has 0 saturated heterocycles. The van der Waals surface area contributed by atoms with Crippen molar-refractivity contribution in [1.29, 1.82) is 0 Å². The highest BCUT2D eigenvalue weighted by Gasteiger charge is 2.10. The number of carbonyl (C=O) groups is 1. The largest absolute Gasteiger partial charge is 0.399 e. The molecule has 0 unspecified atom stereocenters. The second-order valence-electron chi connectivity index (χ2n) is 3.77. The molecule has 0 atom stereocenters. The standard InChI is InChI=1S/C13H12FN3O/c14-10-3-1-2-4-12(10)17-11-6-5-8(15)7-9(11)13(16)18/h1-7,17H,15H2,(H2,16,18). The van der Waals surface area contributed by atoms with Crippen molar-refractivity contribution in [2.45, 2.75) is 0 Å². The molecule has 1 amide bonds. The second-order valence-corrected chi connectivity index (χ2v) is 3.77. The number of nitrogens with one attached hydrogen (secondary N) is 1. The summed E-state index contributed by atoms with van der Waals surface area (Å²) in [5, 5.41) is 2.82. The Morgan fingerprint density at radius 1 is 1.11 bits per heavy atom. The molecule has 2 aromatic rings. The molecule has 5 heteroatoms. The first-order valence-electron chi connectivity index (χ1n) is 5.29. The molecule has 0 bridgehead atoms. The van der Waals surface area contributed by atoms with Gasteiger partial charge in [-0.1, -0.05) is 12.1 Å². The van der Waals surface area contributed by atoms with E-state index in [1.54, 1.807) is 30.3 Å². The van der Waals surface area contributed by atoms with Gasteiger partial charge in [0.05, 0.1) is 16.9 Å². The van der Waals surface area contributed by atoms with Crippen LogP contribution in [0.5, 0.6) is 0 Å². The van der Waals surface area contributed by atoms with Crippen LogP contribution in [0.4, 0.5) is 21.5 Å². The van der Waals surface area contributed by atoms with Crippen LogP contribution < -0.4 is 16.8 Å². The van der Waals surface area contributed by atoms with Crippen molar-refractivity contribution in [1.82, 2.24) is 0 Å². The third-order valence-electron chi connectivity index (χ3n) is 2.45. The smallest absolute Gasteiger partial charge is 0.250 e. The predicted octanol–water partition coefficient (Wildman–Crippen LogP) is 2.25. The Morgan fingerprint density at radius 2 is 1.83 bits per heavy atom. The third-order valence-corrected chi connectivity index (χ3v) is 2.45. The van der Waals surface area contributed by atoms with E-state index in [0.717, 1.165) is 0 Å². The van der Waals surface area contributed by atoms with Gasteiger partial charge in [-0.05, 0) is 30.3 Å². The molecule has 2 aromatic carbocycles. The lowest BCUT2D eigenvalue weighted by atomic mass is 10.1. The number of anilines is 3. The van der Waals surface area contributed by atoms with Crippen LogP contribution >= 0.6 is 0 Å². The Kier molecular flexibility index (Phi) is 3.14. The molecule has 4 nitrogen and oxygen atoms in total. The van der Waals surface area contributed by atoms with Gasteiger partial charge in [0.25, 0.3) is 5.91 Å². The molecule has 0 aliphatic heterocycles. The van der Waals surface area contributed by atoms with Crippen molar-refractivity contribution in [2.24, 2.45) is 5.73 Å². The van der Waals surface area contributed by atoms with Crippen LogP contribution in [0, 0.1) is 5.82 Å². The van der Waals surface area contributed by atoms with Crippen molar-refractivity contribution in [3.63, 3.8) is 0 Å². The SMILES string of the molecule is NC(=O)c1cc(N)ccc1Nc1ccccc1F. The maximum atomic E-state index is 13.5. The van der Waals surface area contributed by atoms with Gasteiger partial charge >= 0.3 is 0 Å². The van der Waals surface area contributed by atoms with Crippen LogP contribution in [0.2, 0.25) is 0 Å². The van der Waals surface area contributed by atoms with E-state index in [2.05, 4.69) is 5.32 Å². The molecule has 2 rings (SSSR count). The second kappa shape index (κ2) is 4.75. The molecule has 0 spiro atoms. The molecule has 0 aromatic heterocycles. The van der Waals surface area contributed by atoms with E-state index in [0.29, 0.717) is 11.4 Å². The molecule has 18 heavy (non-hydrogen) atoms. The minimum Gasteiger partial charge on any atom is -0.399 e. The Bertz CT molecular complexity index is 599. The van der Waals surface area contributed by atoms with Crippen LogP contribution in [-0.4, -0.2) is 5.91 Å². The normalized spacial score (nSPS) is 10.1. The Balaban J connectivity index is 2.41. The lowest BCUT2D eigenvalue weighted by molar-refractivity contribution is 0.100. The molecule has 0 saturated carbocycles. The van der Waals surface area contributed by atoms with Crippen LogP contribution in [0.1, 0.15) is 10.4 Å². The summed E-state index contributed by atoms with van der Waals surface area (Å²) in [4.78, 5) is 11.3. The number of nitrogen functional groups attached to an aromatic ring is 1. The van der Waals surface area contributed by atoms with Crippen LogP contribution in [0.3, 0.4) is 0 Å². The van der Waals surface area contributed by atoms with Crippen molar-refractivity contribution >= 4 is 23.0 Å². The number of hydrogen-bond acceptors (Lipinski definition) is 3. The molecule has 0 fully saturated rings. The number of benzene rings is 2. The monoisotopic (exact) mass is 245 g/mol. The van der Waals surface area contributed by atoms with Crippen molar-refractivity contribution < 1.29 is 9.18 Å². The van der Waals surface area contributed by atoms with E-state index in [9.17, 15) is 9.18 Å². The topological polar surface area (TPSA) is 81.1 Å². The van der Waals surface area contributed by atoms with Gasteiger partial charge in [0.2, 0.25) is 0 Å². The number of rotatable bonds is 3. The minimum atomic E-state index is -0.624. The molecule has 0 aliphatic rings. The van der Waals surface area contributed by atoms with E-state index in [-0.39, 0.29) is 11.3 Å². The van der Waals surface area contributed by atoms with E-state index >= 15 is 0 Å². The molecule has 0 aliphatic carbocycles. The van der Waals surface area contributed by atoms with Gasteiger partial charge in [-0.25, -0.2) is 4.39 Å². The Morgan fingerprint density at radius 3 is 2.50 bits per heavy atom. The highest BCUT2D eigenvalue weighted by atomic mass is 19.1. The summed E-state index contributed by atoms with van der Waals surface area (Å²) in [6.45, 7) is 0. The fourth-order valence-corrected chi connectivity index (χ4v) is 1.58. The van der Waals surface area contributed by atoms with Crippen LogP contribution in [0.15, 0.2) is 42.5 Å². The first-order valence-corrected chi connectivity index (χ1v) is 5.29. The predicted molar refractivity (Wildman–Crippen MR) is 69.1 cm³/mol. The summed E-state index contributed by atoms with van der Waals surface area (Å²) in [7, 11) is 0. The van der Waals surface area contributed by atoms with Gasteiger partial charge in [0.1, 0.15) is 5.82 Å². The summed E-state index contributed by atoms with van der Waals surface area (Å²) in [6.07, 6.45) is 0. The van der Waals surface area contributed by atoms with E-state index in [4.69, 9.17) is 11.5 Å². The van der Waals surface area contributed by atoms with Crippen molar-refractivity contribution in [3.05, 3.63) is 53.8 Å². The summed E-state index contributed by atoms with van der Waals surface area (Å²) < 4.78 is 13.5. The maximum Gasteiger partial charge on any atom is 0.250 e. The number of halogens is 1. The van der Waals surface area contributed by atoms with Gasteiger partial charge in [-0.2, -0.15) is 0 Å². The number of carbonyl (C=O) groups excluding carboxylic acids is 1. The molecule has 0 radical (unpaired) electrons. The summed E-state index contributed by atoms with van der Waals surface area (Å²) in [6, 6.07) is 10.8. The Hall–Kier alpha value is -2.56. The van der Waals surface area contributed by atoms with Gasteiger partial charge in [-0.15, -0.1) is 0 Å². The highest BCUT2D eigenvalue weighted by Crippen LogP contribution is 2.24. The van der Waals surface area contributed by atoms with Crippen molar-refractivity contribution in [3.8, 4) is 0 Å².